The van der Waals surface area contributed by atoms with Crippen LogP contribution in [0.15, 0.2) is 0 Å². The highest BCUT2D eigenvalue weighted by Crippen LogP contribution is 2.32. The molecule has 2 aliphatic heterocycles. The van der Waals surface area contributed by atoms with Gasteiger partial charge in [-0.25, -0.2) is 0 Å². The first-order valence-corrected chi connectivity index (χ1v) is 15.9. The van der Waals surface area contributed by atoms with Gasteiger partial charge in [0.15, 0.2) is 0 Å². The maximum Gasteiger partial charge on any atom is 0.108 e. The van der Waals surface area contributed by atoms with Gasteiger partial charge in [-0.15, -0.1) is 5.92 Å². The maximum atomic E-state index is 6.34. The Morgan fingerprint density at radius 2 is 1.59 bits per heavy atom. The van der Waals surface area contributed by atoms with Crippen LogP contribution < -0.4 is 0 Å². The molecule has 3 rings (SSSR count). The third kappa shape index (κ3) is 11.6. The topological polar surface area (TPSA) is 43.4 Å². The lowest BCUT2D eigenvalue weighted by Gasteiger charge is -2.49. The first-order valence-electron chi connectivity index (χ1n) is 15.9. The van der Waals surface area contributed by atoms with Crippen LogP contribution >= 0.6 is 0 Å². The van der Waals surface area contributed by atoms with Gasteiger partial charge in [0.25, 0.3) is 0 Å². The molecule has 1 aliphatic carbocycles. The minimum Gasteiger partial charge on any atom is -0.376 e. The Morgan fingerprint density at radius 3 is 2.23 bits per heavy atom. The van der Waals surface area contributed by atoms with Crippen LogP contribution in [0.4, 0.5) is 0 Å². The van der Waals surface area contributed by atoms with E-state index in [1.54, 1.807) is 0 Å². The zero-order valence-electron chi connectivity index (χ0n) is 26.6. The molecule has 0 unspecified atom stereocenters. The Labute approximate surface area is 240 Å². The maximum absolute atomic E-state index is 6.34. The first-order chi connectivity index (χ1) is 18.4. The van der Waals surface area contributed by atoms with Crippen molar-refractivity contribution in [2.45, 2.75) is 148 Å². The van der Waals surface area contributed by atoms with Crippen LogP contribution in [-0.2, 0) is 18.9 Å². The van der Waals surface area contributed by atoms with Crippen molar-refractivity contribution in [3.63, 3.8) is 0 Å². The van der Waals surface area contributed by atoms with Crippen LogP contribution in [0.5, 0.6) is 0 Å². The van der Waals surface area contributed by atoms with Crippen LogP contribution in [0.2, 0.25) is 0 Å². The van der Waals surface area contributed by atoms with Crippen LogP contribution in [0.1, 0.15) is 107 Å². The standard InChI is InChI=1S/C33H60N2O4/c1-9-36-31-24-35(25-31)33(7,8)17-14-26(2)27(3)37-21-13-11-10-12-18-34-19-15-28(16-20-34)38-29-22-30(23-29)39-32(4,5)6/h26-31H,9-10,12,14-25H2,1-8H3/t26-,27-,29?,30?/m1/s1. The van der Waals surface area contributed by atoms with Crippen molar-refractivity contribution in [2.24, 2.45) is 5.92 Å². The van der Waals surface area contributed by atoms with E-state index in [1.165, 1.54) is 12.8 Å². The SMILES string of the molecule is CCOC1CN(C(C)(C)CC[C@@H](C)[C@@H](C)OCC#CCCCN2CCC(OC3CC(OC(C)(C)C)C3)CC2)C1. The molecule has 0 spiro atoms. The molecule has 1 saturated carbocycles. The largest absolute Gasteiger partial charge is 0.376 e. The second-order valence-corrected chi connectivity index (χ2v) is 13.9. The summed E-state index contributed by atoms with van der Waals surface area (Å²) >= 11 is 0. The van der Waals surface area contributed by atoms with Gasteiger partial charge in [0.1, 0.15) is 6.61 Å². The number of likely N-dealkylation sites (tertiary alicyclic amines) is 2. The molecule has 226 valence electrons. The predicted octanol–water partition coefficient (Wildman–Crippen LogP) is 5.92. The van der Waals surface area contributed by atoms with Gasteiger partial charge in [-0.05, 0) is 106 Å². The normalized spacial score (nSPS) is 25.4. The summed E-state index contributed by atoms with van der Waals surface area (Å²) in [6.45, 7) is 24.6. The number of hydrogen-bond acceptors (Lipinski definition) is 6. The number of hydrogen-bond donors (Lipinski definition) is 0. The molecule has 2 heterocycles. The van der Waals surface area contributed by atoms with Crippen molar-refractivity contribution in [1.82, 2.24) is 9.80 Å². The fourth-order valence-electron chi connectivity index (χ4n) is 5.88. The van der Waals surface area contributed by atoms with Gasteiger partial charge in [-0.2, -0.15) is 0 Å². The third-order valence-corrected chi connectivity index (χ3v) is 8.93. The molecule has 0 aromatic rings. The highest BCUT2D eigenvalue weighted by molar-refractivity contribution is 4.99. The van der Waals surface area contributed by atoms with Crippen molar-refractivity contribution in [1.29, 1.82) is 0 Å². The van der Waals surface area contributed by atoms with Gasteiger partial charge in [-0.3, -0.25) is 4.90 Å². The number of piperidine rings is 1. The van der Waals surface area contributed by atoms with Gasteiger partial charge in [0.05, 0.1) is 36.1 Å². The van der Waals surface area contributed by atoms with Crippen molar-refractivity contribution < 1.29 is 18.9 Å². The molecule has 6 nitrogen and oxygen atoms in total. The van der Waals surface area contributed by atoms with E-state index in [-0.39, 0.29) is 17.2 Å². The summed E-state index contributed by atoms with van der Waals surface area (Å²) in [5.41, 5.74) is 0.181. The predicted molar refractivity (Wildman–Crippen MR) is 160 cm³/mol. The van der Waals surface area contributed by atoms with E-state index < -0.39 is 0 Å². The Kier molecular flexibility index (Phi) is 13.1. The summed E-state index contributed by atoms with van der Waals surface area (Å²) in [6, 6.07) is 0. The van der Waals surface area contributed by atoms with Gasteiger partial charge >= 0.3 is 0 Å². The van der Waals surface area contributed by atoms with E-state index in [0.29, 0.717) is 36.9 Å². The van der Waals surface area contributed by atoms with Gasteiger partial charge < -0.3 is 23.8 Å². The molecule has 39 heavy (non-hydrogen) atoms. The molecular weight excluding hydrogens is 488 g/mol. The summed E-state index contributed by atoms with van der Waals surface area (Å²) in [5, 5.41) is 0. The summed E-state index contributed by atoms with van der Waals surface area (Å²) in [5.74, 6) is 7.12. The molecule has 2 atom stereocenters. The van der Waals surface area contributed by atoms with E-state index in [9.17, 15) is 0 Å². The number of rotatable bonds is 15. The Morgan fingerprint density at radius 1 is 0.897 bits per heavy atom. The third-order valence-electron chi connectivity index (χ3n) is 8.93. The van der Waals surface area contributed by atoms with Gasteiger partial charge in [0, 0.05) is 44.7 Å². The van der Waals surface area contributed by atoms with E-state index >= 15 is 0 Å². The van der Waals surface area contributed by atoms with Crippen molar-refractivity contribution in [3.05, 3.63) is 0 Å². The van der Waals surface area contributed by atoms with Crippen LogP contribution in [0, 0.1) is 17.8 Å². The van der Waals surface area contributed by atoms with Crippen molar-refractivity contribution in [2.75, 3.05) is 45.9 Å². The van der Waals surface area contributed by atoms with Gasteiger partial charge in [-0.1, -0.05) is 12.8 Å². The molecule has 0 amide bonds. The minimum atomic E-state index is -0.0460. The quantitative estimate of drug-likeness (QED) is 0.187. The smallest absolute Gasteiger partial charge is 0.108 e. The number of ether oxygens (including phenoxy) is 4. The van der Waals surface area contributed by atoms with Crippen LogP contribution in [0.3, 0.4) is 0 Å². The zero-order valence-corrected chi connectivity index (χ0v) is 26.6. The average molecular weight is 549 g/mol. The second-order valence-electron chi connectivity index (χ2n) is 13.9. The molecule has 0 N–H and O–H groups in total. The molecular formula is C33H60N2O4. The molecule has 0 bridgehead atoms. The minimum absolute atomic E-state index is 0.0460. The van der Waals surface area contributed by atoms with Crippen LogP contribution in [0.25, 0.3) is 0 Å². The molecule has 3 fully saturated rings. The fourth-order valence-corrected chi connectivity index (χ4v) is 5.88. The van der Waals surface area contributed by atoms with E-state index in [0.717, 1.165) is 77.9 Å². The summed E-state index contributed by atoms with van der Waals surface area (Å²) in [6.07, 6.45) is 10.8. The zero-order chi connectivity index (χ0) is 28.5. The molecule has 6 heteroatoms. The molecule has 0 aromatic carbocycles. The molecule has 0 aromatic heterocycles. The Bertz CT molecular complexity index is 750. The fraction of sp³-hybridized carbons (Fsp3) is 0.939. The number of nitrogens with zero attached hydrogens (tertiary/aromatic N) is 2. The monoisotopic (exact) mass is 548 g/mol. The lowest BCUT2D eigenvalue weighted by molar-refractivity contribution is -0.167. The highest BCUT2D eigenvalue weighted by atomic mass is 16.5. The summed E-state index contributed by atoms with van der Waals surface area (Å²) in [7, 11) is 0. The van der Waals surface area contributed by atoms with Crippen molar-refractivity contribution in [3.8, 4) is 11.8 Å². The van der Waals surface area contributed by atoms with Gasteiger partial charge in [0.2, 0.25) is 0 Å². The Balaban J connectivity index is 1.17. The van der Waals surface area contributed by atoms with E-state index in [2.05, 4.69) is 77.0 Å². The second kappa shape index (κ2) is 15.5. The van der Waals surface area contributed by atoms with Crippen molar-refractivity contribution >= 4 is 0 Å². The van der Waals surface area contributed by atoms with E-state index in [4.69, 9.17) is 18.9 Å². The van der Waals surface area contributed by atoms with Crippen LogP contribution in [-0.4, -0.2) is 97.4 Å². The summed E-state index contributed by atoms with van der Waals surface area (Å²) in [4.78, 5) is 5.13. The average Bonchev–Trinajstić information content (AvgIpc) is 2.82. The molecule has 0 radical (unpaired) electrons. The highest BCUT2D eigenvalue weighted by Gasteiger charge is 2.38. The number of unbranched alkanes of at least 4 members (excludes halogenated alkanes) is 1. The van der Waals surface area contributed by atoms with E-state index in [1.807, 2.05) is 0 Å². The summed E-state index contributed by atoms with van der Waals surface area (Å²) < 4.78 is 24.2. The first kappa shape index (κ1) is 32.8. The Hall–Kier alpha value is -0.680. The lowest BCUT2D eigenvalue weighted by atomic mass is 9.87. The lowest BCUT2D eigenvalue weighted by Crippen LogP contribution is -2.60. The molecule has 3 aliphatic rings. The molecule has 2 saturated heterocycles.